The molecule has 6 nitrogen and oxygen atoms in total. The molecule has 0 unspecified atom stereocenters. The first kappa shape index (κ1) is 22.2. The molecule has 0 N–H and O–H groups in total. The van der Waals surface area contributed by atoms with Crippen LogP contribution in [-0.4, -0.2) is 44.2 Å². The standard InChI is InChI=1S/C23H27NO5S/c1-16-10-12-24(13-11-16)30(27,28)21-8-6-19(7-9-21)23(26)29-15-22(25)20-5-4-17(2)18(3)14-20/h4-9,14,16H,10-13,15H2,1-3H3. The molecule has 1 aliphatic rings. The predicted octanol–water partition coefficient (Wildman–Crippen LogP) is 3.76. The molecule has 0 amide bonds. The monoisotopic (exact) mass is 429 g/mol. The topological polar surface area (TPSA) is 80.8 Å². The molecule has 2 aromatic carbocycles. The Balaban J connectivity index is 1.62. The molecule has 30 heavy (non-hydrogen) atoms. The number of sulfonamides is 1. The number of ketones is 1. The van der Waals surface area contributed by atoms with Gasteiger partial charge in [-0.2, -0.15) is 4.31 Å². The summed E-state index contributed by atoms with van der Waals surface area (Å²) in [6, 6.07) is 11.0. The lowest BCUT2D eigenvalue weighted by atomic mass is 10.0. The van der Waals surface area contributed by atoms with Crippen molar-refractivity contribution in [3.05, 3.63) is 64.7 Å². The van der Waals surface area contributed by atoms with Gasteiger partial charge in [-0.25, -0.2) is 13.2 Å². The summed E-state index contributed by atoms with van der Waals surface area (Å²) in [4.78, 5) is 24.7. The molecule has 1 saturated heterocycles. The minimum atomic E-state index is -3.57. The molecule has 7 heteroatoms. The number of nitrogens with zero attached hydrogens (tertiary/aromatic N) is 1. The maximum absolute atomic E-state index is 12.8. The molecule has 0 atom stereocenters. The number of Topliss-reactive ketones (excluding diaryl/α,β-unsaturated/α-hetero) is 1. The van der Waals surface area contributed by atoms with Gasteiger partial charge in [0, 0.05) is 18.7 Å². The van der Waals surface area contributed by atoms with Crippen molar-refractivity contribution in [1.82, 2.24) is 4.31 Å². The van der Waals surface area contributed by atoms with Gasteiger partial charge in [-0.3, -0.25) is 4.79 Å². The molecule has 2 aromatic rings. The third kappa shape index (κ3) is 4.96. The third-order valence-corrected chi connectivity index (χ3v) is 7.55. The highest BCUT2D eigenvalue weighted by Crippen LogP contribution is 2.23. The molecule has 0 spiro atoms. The molecule has 0 radical (unpaired) electrons. The molecule has 0 bridgehead atoms. The van der Waals surface area contributed by atoms with E-state index in [1.54, 1.807) is 12.1 Å². The van der Waals surface area contributed by atoms with E-state index in [1.165, 1.54) is 28.6 Å². The number of piperidine rings is 1. The van der Waals surface area contributed by atoms with Crippen molar-refractivity contribution < 1.29 is 22.7 Å². The van der Waals surface area contributed by atoms with Crippen LogP contribution in [0, 0.1) is 19.8 Å². The zero-order valence-corrected chi connectivity index (χ0v) is 18.4. The first-order valence-electron chi connectivity index (χ1n) is 10.1. The van der Waals surface area contributed by atoms with Gasteiger partial charge in [0.15, 0.2) is 12.4 Å². The van der Waals surface area contributed by atoms with Gasteiger partial charge in [-0.05, 0) is 74.1 Å². The lowest BCUT2D eigenvalue weighted by molar-refractivity contribution is 0.0474. The molecular formula is C23H27NO5S. The fourth-order valence-electron chi connectivity index (χ4n) is 3.35. The van der Waals surface area contributed by atoms with E-state index in [4.69, 9.17) is 4.74 Å². The van der Waals surface area contributed by atoms with Crippen molar-refractivity contribution in [2.75, 3.05) is 19.7 Å². The highest BCUT2D eigenvalue weighted by molar-refractivity contribution is 7.89. The van der Waals surface area contributed by atoms with Crippen LogP contribution in [0.3, 0.4) is 0 Å². The van der Waals surface area contributed by atoms with Crippen LogP contribution in [0.5, 0.6) is 0 Å². The van der Waals surface area contributed by atoms with E-state index in [1.807, 2.05) is 19.9 Å². The van der Waals surface area contributed by atoms with Crippen LogP contribution >= 0.6 is 0 Å². The number of aryl methyl sites for hydroxylation is 2. The van der Waals surface area contributed by atoms with Crippen LogP contribution in [0.15, 0.2) is 47.4 Å². The number of esters is 1. The Hall–Kier alpha value is -2.51. The highest BCUT2D eigenvalue weighted by Gasteiger charge is 2.28. The first-order chi connectivity index (χ1) is 14.2. The van der Waals surface area contributed by atoms with Gasteiger partial charge in [0.2, 0.25) is 10.0 Å². The Kier molecular flexibility index (Phi) is 6.73. The number of hydrogen-bond acceptors (Lipinski definition) is 5. The summed E-state index contributed by atoms with van der Waals surface area (Å²) in [5, 5.41) is 0. The summed E-state index contributed by atoms with van der Waals surface area (Å²) < 4.78 is 32.1. The molecule has 0 aliphatic carbocycles. The summed E-state index contributed by atoms with van der Waals surface area (Å²) in [5.74, 6) is -0.423. The number of hydrogen-bond donors (Lipinski definition) is 0. The lowest BCUT2D eigenvalue weighted by Crippen LogP contribution is -2.37. The van der Waals surface area contributed by atoms with Crippen LogP contribution in [0.25, 0.3) is 0 Å². The molecule has 0 aromatic heterocycles. The van der Waals surface area contributed by atoms with Crippen molar-refractivity contribution in [1.29, 1.82) is 0 Å². The summed E-state index contributed by atoms with van der Waals surface area (Å²) in [5.41, 5.74) is 2.77. The Morgan fingerprint density at radius 3 is 2.17 bits per heavy atom. The summed E-state index contributed by atoms with van der Waals surface area (Å²) in [6.07, 6.45) is 1.69. The van der Waals surface area contributed by atoms with Gasteiger partial charge in [0.1, 0.15) is 0 Å². The summed E-state index contributed by atoms with van der Waals surface area (Å²) >= 11 is 0. The highest BCUT2D eigenvalue weighted by atomic mass is 32.2. The second-order valence-electron chi connectivity index (χ2n) is 7.91. The summed E-state index contributed by atoms with van der Waals surface area (Å²) in [7, 11) is -3.57. The largest absolute Gasteiger partial charge is 0.454 e. The van der Waals surface area contributed by atoms with Crippen molar-refractivity contribution in [3.8, 4) is 0 Å². The zero-order valence-electron chi connectivity index (χ0n) is 17.6. The molecule has 1 aliphatic heterocycles. The van der Waals surface area contributed by atoms with Crippen LogP contribution in [0.4, 0.5) is 0 Å². The first-order valence-corrected chi connectivity index (χ1v) is 11.5. The van der Waals surface area contributed by atoms with E-state index in [9.17, 15) is 18.0 Å². The van der Waals surface area contributed by atoms with Crippen molar-refractivity contribution in [3.63, 3.8) is 0 Å². The predicted molar refractivity (Wildman–Crippen MR) is 114 cm³/mol. The number of benzene rings is 2. The van der Waals surface area contributed by atoms with E-state index in [2.05, 4.69) is 6.92 Å². The second kappa shape index (κ2) is 9.10. The fraction of sp³-hybridized carbons (Fsp3) is 0.391. The minimum absolute atomic E-state index is 0.153. The van der Waals surface area contributed by atoms with Crippen LogP contribution in [0.2, 0.25) is 0 Å². The number of carbonyl (C=O) groups is 2. The molecular weight excluding hydrogens is 402 g/mol. The Morgan fingerprint density at radius 2 is 1.57 bits per heavy atom. The third-order valence-electron chi connectivity index (χ3n) is 5.63. The van der Waals surface area contributed by atoms with Gasteiger partial charge >= 0.3 is 5.97 Å². The fourth-order valence-corrected chi connectivity index (χ4v) is 4.82. The van der Waals surface area contributed by atoms with E-state index in [-0.39, 0.29) is 22.8 Å². The van der Waals surface area contributed by atoms with Crippen LogP contribution < -0.4 is 0 Å². The van der Waals surface area contributed by atoms with Gasteiger partial charge in [-0.15, -0.1) is 0 Å². The van der Waals surface area contributed by atoms with Gasteiger partial charge < -0.3 is 4.74 Å². The van der Waals surface area contributed by atoms with Gasteiger partial charge in [0.05, 0.1) is 10.5 Å². The van der Waals surface area contributed by atoms with Gasteiger partial charge in [-0.1, -0.05) is 19.1 Å². The van der Waals surface area contributed by atoms with E-state index in [0.29, 0.717) is 24.6 Å². The van der Waals surface area contributed by atoms with Crippen molar-refractivity contribution >= 4 is 21.8 Å². The Morgan fingerprint density at radius 1 is 0.967 bits per heavy atom. The maximum Gasteiger partial charge on any atom is 0.338 e. The average molecular weight is 430 g/mol. The Bertz CT molecular complexity index is 1040. The quantitative estimate of drug-likeness (QED) is 0.516. The second-order valence-corrected chi connectivity index (χ2v) is 9.85. The van der Waals surface area contributed by atoms with E-state index < -0.39 is 16.0 Å². The van der Waals surface area contributed by atoms with Crippen LogP contribution in [0.1, 0.15) is 51.6 Å². The van der Waals surface area contributed by atoms with Gasteiger partial charge in [0.25, 0.3) is 0 Å². The van der Waals surface area contributed by atoms with Crippen molar-refractivity contribution in [2.24, 2.45) is 5.92 Å². The Labute approximate surface area is 177 Å². The number of rotatable bonds is 6. The number of ether oxygens (including phenoxy) is 1. The van der Waals surface area contributed by atoms with E-state index >= 15 is 0 Å². The minimum Gasteiger partial charge on any atom is -0.454 e. The normalized spacial score (nSPS) is 15.7. The maximum atomic E-state index is 12.8. The lowest BCUT2D eigenvalue weighted by Gasteiger charge is -2.29. The smallest absolute Gasteiger partial charge is 0.338 e. The SMILES string of the molecule is Cc1ccc(C(=O)COC(=O)c2ccc(S(=O)(=O)N3CCC(C)CC3)cc2)cc1C. The zero-order chi connectivity index (χ0) is 21.9. The molecule has 160 valence electrons. The molecule has 1 heterocycles. The summed E-state index contributed by atoms with van der Waals surface area (Å²) in [6.45, 7) is 6.64. The van der Waals surface area contributed by atoms with E-state index in [0.717, 1.165) is 24.0 Å². The average Bonchev–Trinajstić information content (AvgIpc) is 2.74. The van der Waals surface area contributed by atoms with Crippen molar-refractivity contribution in [2.45, 2.75) is 38.5 Å². The van der Waals surface area contributed by atoms with Crippen LogP contribution in [-0.2, 0) is 14.8 Å². The molecule has 0 saturated carbocycles. The number of carbonyl (C=O) groups excluding carboxylic acids is 2. The molecule has 3 rings (SSSR count). The molecule has 1 fully saturated rings.